The van der Waals surface area contributed by atoms with Crippen molar-refractivity contribution in [3.8, 4) is 22.6 Å². The number of carboxylic acid groups (broad SMARTS) is 1. The van der Waals surface area contributed by atoms with Crippen LogP contribution in [-0.2, 0) is 6.61 Å². The van der Waals surface area contributed by atoms with Crippen LogP contribution in [0.15, 0.2) is 66.9 Å². The summed E-state index contributed by atoms with van der Waals surface area (Å²) in [6.45, 7) is 0.470. The van der Waals surface area contributed by atoms with Crippen molar-refractivity contribution in [2.45, 2.75) is 6.61 Å². The Morgan fingerprint density at radius 3 is 2.60 bits per heavy atom. The summed E-state index contributed by atoms with van der Waals surface area (Å²) in [5, 5.41) is 9.05. The predicted molar refractivity (Wildman–Crippen MR) is 94.0 cm³/mol. The van der Waals surface area contributed by atoms with E-state index in [9.17, 15) is 4.79 Å². The minimum Gasteiger partial charge on any atom is -0.496 e. The minimum absolute atomic E-state index is 0.0583. The average Bonchev–Trinajstić information content (AvgIpc) is 2.67. The van der Waals surface area contributed by atoms with E-state index in [0.717, 1.165) is 11.1 Å². The molecule has 0 aliphatic heterocycles. The second kappa shape index (κ2) is 7.49. The number of benzene rings is 2. The highest BCUT2D eigenvalue weighted by Gasteiger charge is 2.12. The second-order valence-electron chi connectivity index (χ2n) is 5.38. The van der Waals surface area contributed by atoms with Gasteiger partial charge in [0.1, 0.15) is 18.1 Å². The number of ether oxygens (including phenoxy) is 2. The Bertz CT molecular complexity index is 878. The third-order valence-corrected chi connectivity index (χ3v) is 3.70. The van der Waals surface area contributed by atoms with Crippen molar-refractivity contribution in [1.29, 1.82) is 0 Å². The van der Waals surface area contributed by atoms with Crippen LogP contribution in [0.25, 0.3) is 11.1 Å². The third kappa shape index (κ3) is 3.95. The van der Waals surface area contributed by atoms with Gasteiger partial charge in [0.25, 0.3) is 0 Å². The molecule has 0 aliphatic carbocycles. The van der Waals surface area contributed by atoms with Crippen LogP contribution >= 0.6 is 0 Å². The number of aromatic carboxylic acids is 1. The lowest BCUT2D eigenvalue weighted by atomic mass is 10.1. The maximum absolute atomic E-state index is 11.1. The van der Waals surface area contributed by atoms with Crippen LogP contribution in [0.5, 0.6) is 11.5 Å². The molecule has 0 unspecified atom stereocenters. The van der Waals surface area contributed by atoms with Crippen LogP contribution in [0, 0.1) is 0 Å². The standard InChI is InChI=1S/C20H17NO4/c1-24-19-11-18(20(22)23)21-12-17(19)15-8-5-9-16(10-15)25-13-14-6-3-2-4-7-14/h2-12H,13H2,1H3,(H,22,23). The van der Waals surface area contributed by atoms with Gasteiger partial charge in [-0.2, -0.15) is 0 Å². The van der Waals surface area contributed by atoms with E-state index in [1.54, 1.807) is 0 Å². The molecular weight excluding hydrogens is 318 g/mol. The van der Waals surface area contributed by atoms with E-state index < -0.39 is 5.97 Å². The molecule has 3 rings (SSSR count). The molecule has 1 N–H and O–H groups in total. The molecule has 1 heterocycles. The van der Waals surface area contributed by atoms with Gasteiger partial charge in [0.15, 0.2) is 5.69 Å². The fraction of sp³-hybridized carbons (Fsp3) is 0.100. The zero-order valence-electron chi connectivity index (χ0n) is 13.7. The molecule has 1 aromatic heterocycles. The van der Waals surface area contributed by atoms with E-state index >= 15 is 0 Å². The Labute approximate surface area is 145 Å². The van der Waals surface area contributed by atoms with Crippen molar-refractivity contribution in [2.75, 3.05) is 7.11 Å². The number of carbonyl (C=O) groups is 1. The van der Waals surface area contributed by atoms with Gasteiger partial charge in [-0.3, -0.25) is 0 Å². The fourth-order valence-corrected chi connectivity index (χ4v) is 2.43. The van der Waals surface area contributed by atoms with E-state index in [-0.39, 0.29) is 5.69 Å². The quantitative estimate of drug-likeness (QED) is 0.736. The maximum atomic E-state index is 11.1. The van der Waals surface area contributed by atoms with Crippen molar-refractivity contribution in [2.24, 2.45) is 0 Å². The lowest BCUT2D eigenvalue weighted by Crippen LogP contribution is -2.01. The minimum atomic E-state index is -1.09. The van der Waals surface area contributed by atoms with Crippen LogP contribution in [-0.4, -0.2) is 23.2 Å². The van der Waals surface area contributed by atoms with Gasteiger partial charge in [-0.25, -0.2) is 9.78 Å². The summed E-state index contributed by atoms with van der Waals surface area (Å²) in [6, 6.07) is 18.8. The molecule has 0 bridgehead atoms. The highest BCUT2D eigenvalue weighted by Crippen LogP contribution is 2.32. The first-order chi connectivity index (χ1) is 12.2. The molecule has 2 aromatic carbocycles. The van der Waals surface area contributed by atoms with Crippen molar-refractivity contribution >= 4 is 5.97 Å². The molecule has 25 heavy (non-hydrogen) atoms. The van der Waals surface area contributed by atoms with Gasteiger partial charge in [-0.15, -0.1) is 0 Å². The molecular formula is C20H17NO4. The lowest BCUT2D eigenvalue weighted by molar-refractivity contribution is 0.0690. The highest BCUT2D eigenvalue weighted by molar-refractivity contribution is 5.87. The molecule has 126 valence electrons. The van der Waals surface area contributed by atoms with Gasteiger partial charge in [0.05, 0.1) is 7.11 Å². The zero-order valence-corrected chi connectivity index (χ0v) is 13.7. The number of carboxylic acids is 1. The van der Waals surface area contributed by atoms with E-state index in [0.29, 0.717) is 23.7 Å². The SMILES string of the molecule is COc1cc(C(=O)O)ncc1-c1cccc(OCc2ccccc2)c1. The Kier molecular flexibility index (Phi) is 4.95. The molecule has 0 fully saturated rings. The fourth-order valence-electron chi connectivity index (χ4n) is 2.43. The van der Waals surface area contributed by atoms with Crippen LogP contribution in [0.4, 0.5) is 0 Å². The third-order valence-electron chi connectivity index (χ3n) is 3.70. The normalized spacial score (nSPS) is 10.3. The molecule has 0 spiro atoms. The van der Waals surface area contributed by atoms with Crippen LogP contribution < -0.4 is 9.47 Å². The Balaban J connectivity index is 1.85. The summed E-state index contributed by atoms with van der Waals surface area (Å²) in [7, 11) is 1.50. The van der Waals surface area contributed by atoms with Crippen LogP contribution in [0.2, 0.25) is 0 Å². The van der Waals surface area contributed by atoms with E-state index in [1.165, 1.54) is 19.4 Å². The molecule has 3 aromatic rings. The van der Waals surface area contributed by atoms with Crippen molar-refractivity contribution < 1.29 is 19.4 Å². The Morgan fingerprint density at radius 1 is 1.08 bits per heavy atom. The Morgan fingerprint density at radius 2 is 1.88 bits per heavy atom. The summed E-state index contributed by atoms with van der Waals surface area (Å²) < 4.78 is 11.1. The summed E-state index contributed by atoms with van der Waals surface area (Å²) >= 11 is 0. The number of pyridine rings is 1. The van der Waals surface area contributed by atoms with Gasteiger partial charge in [0.2, 0.25) is 0 Å². The monoisotopic (exact) mass is 335 g/mol. The topological polar surface area (TPSA) is 68.7 Å². The van der Waals surface area contributed by atoms with Crippen molar-refractivity contribution in [3.63, 3.8) is 0 Å². The molecule has 0 atom stereocenters. The van der Waals surface area contributed by atoms with E-state index in [2.05, 4.69) is 4.98 Å². The van der Waals surface area contributed by atoms with Crippen molar-refractivity contribution in [3.05, 3.63) is 78.1 Å². The van der Waals surface area contributed by atoms with E-state index in [4.69, 9.17) is 14.6 Å². The average molecular weight is 335 g/mol. The first-order valence-corrected chi connectivity index (χ1v) is 7.72. The Hall–Kier alpha value is -3.34. The first kappa shape index (κ1) is 16.5. The van der Waals surface area contributed by atoms with Gasteiger partial charge >= 0.3 is 5.97 Å². The molecule has 5 heteroatoms. The summed E-state index contributed by atoms with van der Waals surface area (Å²) in [5.41, 5.74) is 2.57. The number of hydrogen-bond donors (Lipinski definition) is 1. The number of hydrogen-bond acceptors (Lipinski definition) is 4. The van der Waals surface area contributed by atoms with Gasteiger partial charge in [0, 0.05) is 17.8 Å². The number of rotatable bonds is 6. The summed E-state index contributed by atoms with van der Waals surface area (Å²) in [6.07, 6.45) is 1.50. The molecule has 0 radical (unpaired) electrons. The summed E-state index contributed by atoms with van der Waals surface area (Å²) in [4.78, 5) is 15.0. The largest absolute Gasteiger partial charge is 0.496 e. The summed E-state index contributed by atoms with van der Waals surface area (Å²) in [5.74, 6) is 0.0723. The molecule has 0 amide bonds. The highest BCUT2D eigenvalue weighted by atomic mass is 16.5. The van der Waals surface area contributed by atoms with Crippen LogP contribution in [0.3, 0.4) is 0 Å². The molecule has 0 saturated carbocycles. The van der Waals surface area contributed by atoms with Gasteiger partial charge in [-0.05, 0) is 23.3 Å². The van der Waals surface area contributed by atoms with Crippen LogP contribution in [0.1, 0.15) is 16.1 Å². The molecule has 0 aliphatic rings. The number of methoxy groups -OCH3 is 1. The predicted octanol–water partition coefficient (Wildman–Crippen LogP) is 4.03. The zero-order chi connectivity index (χ0) is 17.6. The van der Waals surface area contributed by atoms with Crippen molar-refractivity contribution in [1.82, 2.24) is 4.98 Å². The molecule has 0 saturated heterocycles. The van der Waals surface area contributed by atoms with Gasteiger partial charge in [-0.1, -0.05) is 42.5 Å². The van der Waals surface area contributed by atoms with Gasteiger partial charge < -0.3 is 14.6 Å². The smallest absolute Gasteiger partial charge is 0.354 e. The number of nitrogens with zero attached hydrogens (tertiary/aromatic N) is 1. The maximum Gasteiger partial charge on any atom is 0.354 e. The second-order valence-corrected chi connectivity index (χ2v) is 5.38. The molecule has 5 nitrogen and oxygen atoms in total. The first-order valence-electron chi connectivity index (χ1n) is 7.72. The number of aromatic nitrogens is 1. The lowest BCUT2D eigenvalue weighted by Gasteiger charge is -2.11. The van der Waals surface area contributed by atoms with E-state index in [1.807, 2.05) is 54.6 Å².